The molecule has 0 aliphatic heterocycles. The topological polar surface area (TPSA) is 48.3 Å². The summed E-state index contributed by atoms with van der Waals surface area (Å²) < 4.78 is 11.1. The van der Waals surface area contributed by atoms with Gasteiger partial charge in [-0.15, -0.1) is 11.3 Å². The molecule has 2 heterocycles. The maximum absolute atomic E-state index is 14.2. The molecule has 0 fully saturated rings. The Morgan fingerprint density at radius 2 is 1.27 bits per heavy atom. The van der Waals surface area contributed by atoms with Gasteiger partial charge in [0.25, 0.3) is 11.1 Å². The van der Waals surface area contributed by atoms with E-state index in [-0.39, 0.29) is 16.5 Å². The first kappa shape index (κ1) is 39.8. The molecule has 5 aromatic rings. The summed E-state index contributed by atoms with van der Waals surface area (Å²) >= 11 is 5.55. The second kappa shape index (κ2) is 19.1. The Labute approximate surface area is 318 Å². The molecule has 0 N–H and O–H groups in total. The van der Waals surface area contributed by atoms with Crippen LogP contribution in [0.2, 0.25) is 0 Å². The molecule has 0 saturated heterocycles. The maximum Gasteiger partial charge on any atom is 0.261 e. The van der Waals surface area contributed by atoms with Gasteiger partial charge in [0.1, 0.15) is 5.75 Å². The number of benzene rings is 3. The molecule has 0 saturated carbocycles. The quantitative estimate of drug-likeness (QED) is 0.0399. The summed E-state index contributed by atoms with van der Waals surface area (Å²) in [5.74, 6) is 1.27. The maximum atomic E-state index is 14.2. The summed E-state index contributed by atoms with van der Waals surface area (Å²) in [4.78, 5) is 28.2. The third-order valence-corrected chi connectivity index (χ3v) is 12.5. The van der Waals surface area contributed by atoms with Crippen molar-refractivity contribution in [1.29, 1.82) is 0 Å². The van der Waals surface area contributed by atoms with Crippen LogP contribution in [-0.4, -0.2) is 11.2 Å². The standard InChI is InChI=1S/C45H62BrNO3S/c1-6-7-8-9-10-11-12-13-14-15-16-17-18-19-20-23-27-47-43(48)34-29-36(46)40-33-24-21-22-25-38(33)51-42-37(30-35(44(47)49)39(34)41(40)42)50-28-26-32(2)31-45(3,4)5/h21-22,24-25,29-30,32H,6-20,23,26-28,31H2,1-5H3. The van der Waals surface area contributed by atoms with Gasteiger partial charge in [0, 0.05) is 42.6 Å². The van der Waals surface area contributed by atoms with Gasteiger partial charge in [0.2, 0.25) is 0 Å². The van der Waals surface area contributed by atoms with Gasteiger partial charge >= 0.3 is 0 Å². The Bertz CT molecular complexity index is 1970. The number of ether oxygens (including phenoxy) is 1. The minimum atomic E-state index is -0.192. The molecule has 6 heteroatoms. The molecule has 3 aromatic carbocycles. The smallest absolute Gasteiger partial charge is 0.261 e. The number of fused-ring (bicyclic) bond motifs is 2. The number of unbranched alkanes of at least 4 members (excludes halogenated alkanes) is 15. The zero-order chi connectivity index (χ0) is 36.4. The van der Waals surface area contributed by atoms with Crippen molar-refractivity contribution in [2.24, 2.45) is 11.3 Å². The first-order valence-corrected chi connectivity index (χ1v) is 21.8. The zero-order valence-electron chi connectivity index (χ0n) is 32.1. The highest BCUT2D eigenvalue weighted by Crippen LogP contribution is 2.47. The van der Waals surface area contributed by atoms with Crippen molar-refractivity contribution in [3.8, 4) is 5.75 Å². The van der Waals surface area contributed by atoms with E-state index in [1.54, 1.807) is 11.3 Å². The third-order valence-electron chi connectivity index (χ3n) is 10.7. The molecule has 1 unspecified atom stereocenters. The van der Waals surface area contributed by atoms with Crippen LogP contribution in [0.1, 0.15) is 150 Å². The normalized spacial score (nSPS) is 13.0. The van der Waals surface area contributed by atoms with E-state index in [1.807, 2.05) is 12.1 Å². The molecule has 5 rings (SSSR count). The number of rotatable bonds is 22. The van der Waals surface area contributed by atoms with Gasteiger partial charge < -0.3 is 4.74 Å². The molecular formula is C45H62BrNO3S. The fraction of sp³-hybridized carbons (Fsp3) is 0.600. The van der Waals surface area contributed by atoms with Crippen molar-refractivity contribution in [2.75, 3.05) is 6.61 Å². The SMILES string of the molecule is CCCCCCCCCCCCCCCCCCn1c(=O)c2cc(OCCC(C)CC(C)(C)C)c3sc4ccccc4c4c(Br)cc(c1=O)c2c34. The predicted octanol–water partition coefficient (Wildman–Crippen LogP) is 14.2. The average Bonchev–Trinajstić information content (AvgIpc) is 3.09. The number of nitrogens with zero attached hydrogens (tertiary/aromatic N) is 1. The van der Waals surface area contributed by atoms with Crippen LogP contribution in [0, 0.1) is 11.3 Å². The van der Waals surface area contributed by atoms with E-state index < -0.39 is 0 Å². The number of hydrogen-bond acceptors (Lipinski definition) is 4. The molecular weight excluding hydrogens is 714 g/mol. The lowest BCUT2D eigenvalue weighted by Crippen LogP contribution is -2.33. The van der Waals surface area contributed by atoms with Gasteiger partial charge in [-0.3, -0.25) is 14.2 Å². The summed E-state index contributed by atoms with van der Waals surface area (Å²) in [5.41, 5.74) is -0.104. The van der Waals surface area contributed by atoms with Gasteiger partial charge in [0.05, 0.1) is 16.7 Å². The van der Waals surface area contributed by atoms with Gasteiger partial charge in [-0.05, 0) is 48.8 Å². The Hall–Kier alpha value is -2.44. The number of pyridine rings is 1. The summed E-state index contributed by atoms with van der Waals surface area (Å²) in [6, 6.07) is 12.3. The fourth-order valence-corrected chi connectivity index (χ4v) is 9.96. The van der Waals surface area contributed by atoms with Gasteiger partial charge in [-0.2, -0.15) is 0 Å². The second-order valence-electron chi connectivity index (χ2n) is 16.5. The van der Waals surface area contributed by atoms with E-state index in [9.17, 15) is 9.59 Å². The van der Waals surface area contributed by atoms with Crippen LogP contribution >= 0.6 is 27.3 Å². The van der Waals surface area contributed by atoms with Crippen LogP contribution in [0.25, 0.3) is 41.7 Å². The summed E-state index contributed by atoms with van der Waals surface area (Å²) in [5, 5.41) is 5.09. The number of aromatic nitrogens is 1. The minimum Gasteiger partial charge on any atom is -0.492 e. The highest BCUT2D eigenvalue weighted by molar-refractivity contribution is 9.10. The Kier molecular flexibility index (Phi) is 14.9. The molecule has 278 valence electrons. The van der Waals surface area contributed by atoms with Crippen LogP contribution < -0.4 is 15.9 Å². The summed E-state index contributed by atoms with van der Waals surface area (Å²) in [6.07, 6.45) is 22.8. The third kappa shape index (κ3) is 10.4. The molecule has 2 aromatic heterocycles. The van der Waals surface area contributed by atoms with Crippen molar-refractivity contribution in [1.82, 2.24) is 4.57 Å². The molecule has 0 amide bonds. The summed E-state index contributed by atoms with van der Waals surface area (Å²) in [6.45, 7) is 12.5. The van der Waals surface area contributed by atoms with E-state index in [2.05, 4.69) is 74.8 Å². The van der Waals surface area contributed by atoms with Crippen LogP contribution in [0.5, 0.6) is 5.75 Å². The molecule has 0 spiro atoms. The largest absolute Gasteiger partial charge is 0.492 e. The molecule has 0 aliphatic carbocycles. The Morgan fingerprint density at radius 1 is 0.725 bits per heavy atom. The fourth-order valence-electron chi connectivity index (χ4n) is 8.15. The molecule has 0 radical (unpaired) electrons. The predicted molar refractivity (Wildman–Crippen MR) is 227 cm³/mol. The van der Waals surface area contributed by atoms with E-state index in [1.165, 1.54) is 88.0 Å². The van der Waals surface area contributed by atoms with Crippen molar-refractivity contribution >= 4 is 69.0 Å². The Balaban J connectivity index is 1.26. The summed E-state index contributed by atoms with van der Waals surface area (Å²) in [7, 11) is 0. The lowest BCUT2D eigenvalue weighted by Gasteiger charge is -2.23. The monoisotopic (exact) mass is 775 g/mol. The first-order chi connectivity index (χ1) is 24.6. The minimum absolute atomic E-state index is 0.180. The van der Waals surface area contributed by atoms with E-state index in [0.717, 1.165) is 73.3 Å². The zero-order valence-corrected chi connectivity index (χ0v) is 34.5. The van der Waals surface area contributed by atoms with Gasteiger partial charge in [-0.25, -0.2) is 0 Å². The molecule has 0 bridgehead atoms. The van der Waals surface area contributed by atoms with Crippen LogP contribution in [0.3, 0.4) is 0 Å². The van der Waals surface area contributed by atoms with Crippen LogP contribution in [0.15, 0.2) is 50.5 Å². The first-order valence-electron chi connectivity index (χ1n) is 20.2. The molecule has 4 nitrogen and oxygen atoms in total. The van der Waals surface area contributed by atoms with Gasteiger partial charge in [0.15, 0.2) is 0 Å². The number of hydrogen-bond donors (Lipinski definition) is 0. The lowest BCUT2D eigenvalue weighted by molar-refractivity contribution is 0.242. The molecule has 51 heavy (non-hydrogen) atoms. The highest BCUT2D eigenvalue weighted by Gasteiger charge is 2.23. The second-order valence-corrected chi connectivity index (χ2v) is 18.4. The van der Waals surface area contributed by atoms with Gasteiger partial charge in [-0.1, -0.05) is 165 Å². The van der Waals surface area contributed by atoms with Crippen molar-refractivity contribution in [3.05, 3.63) is 61.6 Å². The van der Waals surface area contributed by atoms with Crippen LogP contribution in [0.4, 0.5) is 0 Å². The Morgan fingerprint density at radius 3 is 1.86 bits per heavy atom. The van der Waals surface area contributed by atoms with E-state index >= 15 is 0 Å². The molecule has 0 aliphatic rings. The average molecular weight is 777 g/mol. The molecule has 1 atom stereocenters. The number of halogens is 1. The van der Waals surface area contributed by atoms with E-state index in [4.69, 9.17) is 4.74 Å². The highest BCUT2D eigenvalue weighted by atomic mass is 79.9. The lowest BCUT2D eigenvalue weighted by atomic mass is 9.84. The van der Waals surface area contributed by atoms with Crippen LogP contribution in [-0.2, 0) is 6.54 Å². The van der Waals surface area contributed by atoms with Crippen molar-refractivity contribution in [2.45, 2.75) is 157 Å². The van der Waals surface area contributed by atoms with Crippen molar-refractivity contribution in [3.63, 3.8) is 0 Å². The van der Waals surface area contributed by atoms with Crippen molar-refractivity contribution < 1.29 is 4.74 Å². The van der Waals surface area contributed by atoms with E-state index in [0.29, 0.717) is 29.8 Å².